The summed E-state index contributed by atoms with van der Waals surface area (Å²) in [5.41, 5.74) is -5.53. The van der Waals surface area contributed by atoms with E-state index < -0.39 is 15.6 Å². The molecule has 1 atom stereocenters. The molecule has 5 nitrogen and oxygen atoms in total. The van der Waals surface area contributed by atoms with E-state index in [0.717, 1.165) is 13.0 Å². The normalized spacial score (nSPS) is 19.7. The van der Waals surface area contributed by atoms with Crippen LogP contribution in [0.2, 0.25) is 0 Å². The van der Waals surface area contributed by atoms with Gasteiger partial charge >= 0.3 is 15.6 Å². The van der Waals surface area contributed by atoms with Crippen molar-refractivity contribution in [2.75, 3.05) is 0 Å². The lowest BCUT2D eigenvalue weighted by atomic mass is 10.1. The molecule has 10 heteroatoms. The average molecular weight is 304 g/mol. The first-order chi connectivity index (χ1) is 8.11. The van der Waals surface area contributed by atoms with Crippen LogP contribution in [0.15, 0.2) is 12.4 Å². The maximum absolute atomic E-state index is 10.7. The van der Waals surface area contributed by atoms with Gasteiger partial charge in [0.05, 0.1) is 0 Å². The number of hydrogen-bond acceptors (Lipinski definition) is 4. The van der Waals surface area contributed by atoms with Crippen molar-refractivity contribution in [3.8, 4) is 0 Å². The molecule has 2 heterocycles. The Hall–Kier alpha value is -0.740. The third-order valence-corrected chi connectivity index (χ3v) is 3.24. The van der Waals surface area contributed by atoms with Gasteiger partial charge in [0.25, 0.3) is 0 Å². The van der Waals surface area contributed by atoms with E-state index >= 15 is 0 Å². The van der Waals surface area contributed by atoms with E-state index in [1.807, 2.05) is 12.4 Å². The van der Waals surface area contributed by atoms with Crippen LogP contribution >= 0.6 is 12.6 Å². The van der Waals surface area contributed by atoms with Crippen molar-refractivity contribution >= 4 is 22.7 Å². The van der Waals surface area contributed by atoms with Gasteiger partial charge in [-0.25, -0.2) is 4.98 Å². The summed E-state index contributed by atoms with van der Waals surface area (Å²) in [5.74, 6) is 1.19. The molecule has 0 amide bonds. The molecule has 1 aromatic rings. The van der Waals surface area contributed by atoms with E-state index in [-0.39, 0.29) is 0 Å². The van der Waals surface area contributed by atoms with E-state index in [4.69, 9.17) is 13.0 Å². The number of nitrogens with zero attached hydrogens (tertiary/aromatic N) is 2. The first kappa shape index (κ1) is 15.3. The number of fused-ring (bicyclic) bond motifs is 1. The smallest absolute Gasteiger partial charge is 0.335 e. The first-order valence-corrected chi connectivity index (χ1v) is 6.78. The molecule has 0 bridgehead atoms. The summed E-state index contributed by atoms with van der Waals surface area (Å²) in [6, 6.07) is 0. The first-order valence-electron chi connectivity index (χ1n) is 4.83. The number of imidazole rings is 1. The van der Waals surface area contributed by atoms with Crippen LogP contribution in [-0.4, -0.2) is 33.3 Å². The van der Waals surface area contributed by atoms with Crippen molar-refractivity contribution in [2.24, 2.45) is 0 Å². The van der Waals surface area contributed by atoms with Crippen LogP contribution in [0.3, 0.4) is 0 Å². The van der Waals surface area contributed by atoms with Gasteiger partial charge in [0.15, 0.2) is 0 Å². The maximum Gasteiger partial charge on any atom is 0.522 e. The number of alkyl halides is 3. The van der Waals surface area contributed by atoms with Gasteiger partial charge in [-0.2, -0.15) is 34.2 Å². The Morgan fingerprint density at radius 1 is 1.50 bits per heavy atom. The second kappa shape index (κ2) is 5.49. The summed E-state index contributed by atoms with van der Waals surface area (Å²) >= 11 is 4.41. The lowest BCUT2D eigenvalue weighted by Gasteiger charge is -2.18. The topological polar surface area (TPSA) is 72.2 Å². The number of halogens is 3. The molecule has 0 aromatic carbocycles. The van der Waals surface area contributed by atoms with Crippen molar-refractivity contribution < 1.29 is 26.1 Å². The number of thiol groups is 1. The Labute approximate surface area is 107 Å². The molecule has 0 saturated heterocycles. The average Bonchev–Trinajstić information content (AvgIpc) is 2.62. The highest BCUT2D eigenvalue weighted by atomic mass is 32.2. The van der Waals surface area contributed by atoms with Gasteiger partial charge in [-0.05, 0) is 6.42 Å². The van der Waals surface area contributed by atoms with Crippen LogP contribution in [0.1, 0.15) is 12.2 Å². The summed E-state index contributed by atoms with van der Waals surface area (Å²) in [7, 11) is -5.84. The minimum Gasteiger partial charge on any atom is -0.335 e. The van der Waals surface area contributed by atoms with Crippen molar-refractivity contribution in [1.29, 1.82) is 0 Å². The van der Waals surface area contributed by atoms with Gasteiger partial charge in [0.1, 0.15) is 5.82 Å². The lowest BCUT2D eigenvalue weighted by molar-refractivity contribution is -0.0510. The van der Waals surface area contributed by atoms with Gasteiger partial charge in [0, 0.05) is 30.6 Å². The van der Waals surface area contributed by atoms with E-state index in [1.165, 1.54) is 12.2 Å². The highest BCUT2D eigenvalue weighted by molar-refractivity contribution is 7.86. The quantitative estimate of drug-likeness (QED) is 0.433. The lowest BCUT2D eigenvalue weighted by Crippen LogP contribution is -2.21. The molecule has 1 aromatic heterocycles. The SMILES string of the molecule is O=S(=O)(O)C(F)(F)F.SC1CCn2ccnc2C1. The molecular formula is C8H11F3N2O3S2. The number of rotatable bonds is 0. The Bertz CT molecular complexity index is 498. The van der Waals surface area contributed by atoms with E-state index in [2.05, 4.69) is 22.2 Å². The zero-order valence-corrected chi connectivity index (χ0v) is 10.7. The molecule has 2 rings (SSSR count). The summed E-state index contributed by atoms with van der Waals surface area (Å²) in [6.07, 6.45) is 6.10. The standard InChI is InChI=1S/C7H10N2S.CHF3O3S/c10-6-1-3-9-4-2-8-7(9)5-6;2-1(3,4)8(5,6)7/h2,4,6,10H,1,3,5H2;(H,5,6,7). The summed E-state index contributed by atoms with van der Waals surface area (Å²) in [5, 5.41) is 0.523. The van der Waals surface area contributed by atoms with Crippen LogP contribution < -0.4 is 0 Å². The van der Waals surface area contributed by atoms with Crippen LogP contribution in [0, 0.1) is 0 Å². The molecule has 0 spiro atoms. The van der Waals surface area contributed by atoms with Crippen molar-refractivity contribution in [2.45, 2.75) is 30.1 Å². The third-order valence-electron chi connectivity index (χ3n) is 2.22. The molecule has 1 N–H and O–H groups in total. The van der Waals surface area contributed by atoms with Crippen LogP contribution in [-0.2, 0) is 23.1 Å². The zero-order valence-electron chi connectivity index (χ0n) is 9.00. The minimum absolute atomic E-state index is 0.523. The summed E-state index contributed by atoms with van der Waals surface area (Å²) < 4.78 is 59.7. The third kappa shape index (κ3) is 4.18. The van der Waals surface area contributed by atoms with Gasteiger partial charge in [-0.1, -0.05) is 0 Å². The van der Waals surface area contributed by atoms with Crippen molar-refractivity contribution in [1.82, 2.24) is 9.55 Å². The molecule has 1 aliphatic rings. The van der Waals surface area contributed by atoms with Gasteiger partial charge in [-0.15, -0.1) is 0 Å². The van der Waals surface area contributed by atoms with Crippen molar-refractivity contribution in [3.63, 3.8) is 0 Å². The summed E-state index contributed by atoms with van der Waals surface area (Å²) in [4.78, 5) is 4.22. The van der Waals surface area contributed by atoms with Gasteiger partial charge < -0.3 is 4.57 Å². The number of aromatic nitrogens is 2. The van der Waals surface area contributed by atoms with E-state index in [0.29, 0.717) is 5.25 Å². The Kier molecular flexibility index (Phi) is 4.67. The minimum atomic E-state index is -5.84. The van der Waals surface area contributed by atoms with Gasteiger partial charge in [0.2, 0.25) is 0 Å². The fourth-order valence-corrected chi connectivity index (χ4v) is 1.61. The second-order valence-corrected chi connectivity index (χ2v) is 5.75. The molecule has 0 saturated carbocycles. The molecule has 0 fully saturated rings. The molecule has 18 heavy (non-hydrogen) atoms. The predicted molar refractivity (Wildman–Crippen MR) is 60.9 cm³/mol. The fourth-order valence-electron chi connectivity index (χ4n) is 1.33. The predicted octanol–water partition coefficient (Wildman–Crippen LogP) is 1.52. The highest BCUT2D eigenvalue weighted by Gasteiger charge is 2.44. The Morgan fingerprint density at radius 3 is 2.56 bits per heavy atom. The monoisotopic (exact) mass is 304 g/mol. The highest BCUT2D eigenvalue weighted by Crippen LogP contribution is 2.20. The number of hydrogen-bond donors (Lipinski definition) is 2. The summed E-state index contributed by atoms with van der Waals surface area (Å²) in [6.45, 7) is 1.09. The second-order valence-electron chi connectivity index (χ2n) is 3.60. The zero-order chi connectivity index (χ0) is 14.0. The number of aryl methyl sites for hydroxylation is 1. The van der Waals surface area contributed by atoms with Crippen LogP contribution in [0.4, 0.5) is 13.2 Å². The fraction of sp³-hybridized carbons (Fsp3) is 0.625. The molecule has 0 aliphatic carbocycles. The van der Waals surface area contributed by atoms with E-state index in [1.54, 1.807) is 0 Å². The molecule has 1 aliphatic heterocycles. The van der Waals surface area contributed by atoms with E-state index in [9.17, 15) is 13.2 Å². The van der Waals surface area contributed by atoms with Crippen LogP contribution in [0.5, 0.6) is 0 Å². The molecule has 1 unspecified atom stereocenters. The Morgan fingerprint density at radius 2 is 2.06 bits per heavy atom. The molecular weight excluding hydrogens is 293 g/mol. The van der Waals surface area contributed by atoms with Gasteiger partial charge in [-0.3, -0.25) is 4.55 Å². The Balaban J connectivity index is 0.000000187. The molecule has 104 valence electrons. The van der Waals surface area contributed by atoms with Crippen molar-refractivity contribution in [3.05, 3.63) is 18.2 Å². The molecule has 0 radical (unpaired) electrons. The largest absolute Gasteiger partial charge is 0.522 e. The van der Waals surface area contributed by atoms with Crippen LogP contribution in [0.25, 0.3) is 0 Å². The maximum atomic E-state index is 10.7.